The summed E-state index contributed by atoms with van der Waals surface area (Å²) < 4.78 is 11.2. The van der Waals surface area contributed by atoms with Gasteiger partial charge in [-0.05, 0) is 0 Å². The van der Waals surface area contributed by atoms with Gasteiger partial charge in [0.2, 0.25) is 0 Å². The second-order valence-electron chi connectivity index (χ2n) is 14.7. The molecule has 0 N–H and O–H groups in total. The van der Waals surface area contributed by atoms with E-state index in [2.05, 4.69) is 170 Å². The van der Waals surface area contributed by atoms with Crippen molar-refractivity contribution >= 4 is 46.4 Å². The molecule has 268 valence electrons. The van der Waals surface area contributed by atoms with Crippen molar-refractivity contribution in [3.63, 3.8) is 0 Å². The van der Waals surface area contributed by atoms with Gasteiger partial charge in [0, 0.05) is 0 Å². The van der Waals surface area contributed by atoms with Crippen molar-refractivity contribution in [1.82, 2.24) is 0 Å². The second kappa shape index (κ2) is 17.1. The van der Waals surface area contributed by atoms with Crippen molar-refractivity contribution in [3.8, 4) is 11.5 Å². The molecule has 1 saturated carbocycles. The molecule has 0 radical (unpaired) electrons. The zero-order valence-electron chi connectivity index (χ0n) is 30.8. The topological polar surface area (TPSA) is 18.5 Å². The van der Waals surface area contributed by atoms with E-state index in [1.807, 2.05) is 0 Å². The number of methoxy groups -OCH3 is 2. The van der Waals surface area contributed by atoms with Crippen LogP contribution in [0, 0.1) is 11.8 Å². The van der Waals surface area contributed by atoms with E-state index in [-0.39, 0.29) is 0 Å². The molecule has 0 aromatic heterocycles. The average molecular weight is 725 g/mol. The van der Waals surface area contributed by atoms with E-state index in [0.717, 1.165) is 23.3 Å². The molecular weight excluding hydrogens is 670 g/mol. The SMILES string of the molecule is COc1ccc([PH](CCC2CCC(CC[PH](c3ccccc3)(c3ccccc3)c3ccc(OC)cc3)CC2)(c2ccccc2)c2ccccc2)cc1. The fourth-order valence-electron chi connectivity index (χ4n) is 9.16. The Labute approximate surface area is 312 Å². The predicted molar refractivity (Wildman–Crippen MR) is 231 cm³/mol. The third kappa shape index (κ3) is 7.62. The Balaban J connectivity index is 1.11. The molecule has 2 nitrogen and oxygen atoms in total. The first-order chi connectivity index (χ1) is 25.7. The Hall–Kier alpha value is -4.22. The molecule has 4 heteroatoms. The van der Waals surface area contributed by atoms with E-state index in [4.69, 9.17) is 9.47 Å². The van der Waals surface area contributed by atoms with Gasteiger partial charge < -0.3 is 0 Å². The molecule has 0 saturated heterocycles. The van der Waals surface area contributed by atoms with Crippen molar-refractivity contribution in [3.05, 3.63) is 170 Å². The Kier molecular flexibility index (Phi) is 11.9. The summed E-state index contributed by atoms with van der Waals surface area (Å²) in [5.74, 6) is 3.37. The Morgan fingerprint density at radius 3 is 0.865 bits per heavy atom. The van der Waals surface area contributed by atoms with E-state index in [1.165, 1.54) is 82.7 Å². The van der Waals surface area contributed by atoms with Crippen molar-refractivity contribution in [2.45, 2.75) is 38.5 Å². The molecule has 52 heavy (non-hydrogen) atoms. The summed E-state index contributed by atoms with van der Waals surface area (Å²) >= 11 is 0. The van der Waals surface area contributed by atoms with Crippen molar-refractivity contribution in [2.75, 3.05) is 26.5 Å². The molecule has 0 spiro atoms. The van der Waals surface area contributed by atoms with Crippen LogP contribution < -0.4 is 41.3 Å². The Morgan fingerprint density at radius 2 is 0.615 bits per heavy atom. The monoisotopic (exact) mass is 724 g/mol. The van der Waals surface area contributed by atoms with E-state index in [9.17, 15) is 0 Å². The first-order valence-corrected chi connectivity index (χ1v) is 23.6. The molecule has 6 aromatic rings. The maximum absolute atomic E-state index is 5.60. The van der Waals surface area contributed by atoms with Crippen LogP contribution in [-0.4, -0.2) is 26.5 Å². The van der Waals surface area contributed by atoms with Crippen LogP contribution in [0.25, 0.3) is 0 Å². The van der Waals surface area contributed by atoms with Gasteiger partial charge in [0.15, 0.2) is 0 Å². The summed E-state index contributed by atoms with van der Waals surface area (Å²) in [5.41, 5.74) is 0. The molecule has 0 bridgehead atoms. The summed E-state index contributed by atoms with van der Waals surface area (Å²) in [5, 5.41) is 8.95. The van der Waals surface area contributed by atoms with Crippen LogP contribution in [-0.2, 0) is 0 Å². The molecule has 6 aromatic carbocycles. The number of rotatable bonds is 14. The molecule has 1 fully saturated rings. The minimum absolute atomic E-state index is 0.764. The van der Waals surface area contributed by atoms with Crippen molar-refractivity contribution in [1.29, 1.82) is 0 Å². The molecular formula is C48H54O2P2. The van der Waals surface area contributed by atoms with Crippen molar-refractivity contribution in [2.24, 2.45) is 11.8 Å². The predicted octanol–water partition coefficient (Wildman–Crippen LogP) is 9.04. The fraction of sp³-hybridized carbons (Fsp3) is 0.250. The van der Waals surface area contributed by atoms with Crippen LogP contribution in [0.4, 0.5) is 0 Å². The molecule has 0 unspecified atom stereocenters. The van der Waals surface area contributed by atoms with Gasteiger partial charge in [-0.2, -0.15) is 0 Å². The van der Waals surface area contributed by atoms with Gasteiger partial charge in [0.25, 0.3) is 0 Å². The molecule has 0 atom stereocenters. The normalized spacial score (nSPS) is 16.9. The van der Waals surface area contributed by atoms with E-state index < -0.39 is 14.5 Å². The molecule has 7 rings (SSSR count). The van der Waals surface area contributed by atoms with Crippen LogP contribution in [0.2, 0.25) is 0 Å². The molecule has 0 aliphatic heterocycles. The quantitative estimate of drug-likeness (QED) is 0.105. The standard InChI is InChI=1S/C48H54O2P2/c1-49-41-27-31-47(32-28-41)51(43-15-7-3-8-16-43,44-17-9-4-10-18-44)37-35-39-23-25-40(26-24-39)36-38-52(45-19-11-5-12-20-45,46-21-13-6-14-22-46)48-33-29-42(50-2)30-34-48/h3-22,27-34,39-40,51-52H,23-26,35-38H2,1-2H3. The van der Waals surface area contributed by atoms with Crippen LogP contribution >= 0.6 is 14.5 Å². The summed E-state index contributed by atoms with van der Waals surface area (Å²) in [6.07, 6.45) is 10.3. The van der Waals surface area contributed by atoms with Gasteiger partial charge in [-0.15, -0.1) is 0 Å². The van der Waals surface area contributed by atoms with Crippen LogP contribution in [0.1, 0.15) is 38.5 Å². The zero-order valence-corrected chi connectivity index (χ0v) is 32.8. The second-order valence-corrected chi connectivity index (χ2v) is 22.8. The molecule has 0 heterocycles. The zero-order chi connectivity index (χ0) is 35.6. The van der Waals surface area contributed by atoms with Gasteiger partial charge in [-0.25, -0.2) is 0 Å². The first-order valence-electron chi connectivity index (χ1n) is 19.2. The summed E-state index contributed by atoms with van der Waals surface area (Å²) in [4.78, 5) is 0. The fourth-order valence-corrected chi connectivity index (χ4v) is 19.1. The summed E-state index contributed by atoms with van der Waals surface area (Å²) in [6, 6.07) is 63.6. The van der Waals surface area contributed by atoms with Crippen molar-refractivity contribution < 1.29 is 9.47 Å². The number of hydrogen-bond acceptors (Lipinski definition) is 2. The number of hydrogen-bond donors (Lipinski definition) is 0. The van der Waals surface area contributed by atoms with Crippen LogP contribution in [0.5, 0.6) is 11.5 Å². The van der Waals surface area contributed by atoms with E-state index in [0.29, 0.717) is 0 Å². The van der Waals surface area contributed by atoms with Gasteiger partial charge in [0.05, 0.1) is 0 Å². The molecule has 1 aliphatic rings. The van der Waals surface area contributed by atoms with Crippen LogP contribution in [0.3, 0.4) is 0 Å². The van der Waals surface area contributed by atoms with Gasteiger partial charge in [-0.1, -0.05) is 0 Å². The Morgan fingerprint density at radius 1 is 0.365 bits per heavy atom. The van der Waals surface area contributed by atoms with Gasteiger partial charge in [0.1, 0.15) is 0 Å². The van der Waals surface area contributed by atoms with Gasteiger partial charge in [-0.3, -0.25) is 0 Å². The van der Waals surface area contributed by atoms with Gasteiger partial charge >= 0.3 is 314 Å². The first kappa shape index (κ1) is 36.2. The maximum atomic E-state index is 5.60. The third-order valence-electron chi connectivity index (χ3n) is 12.1. The number of benzene rings is 6. The third-order valence-corrected chi connectivity index (χ3v) is 22.0. The van der Waals surface area contributed by atoms with Crippen LogP contribution in [0.15, 0.2) is 170 Å². The van der Waals surface area contributed by atoms with E-state index in [1.54, 1.807) is 14.2 Å². The Bertz CT molecular complexity index is 1710. The number of ether oxygens (including phenoxy) is 2. The summed E-state index contributed by atoms with van der Waals surface area (Å²) in [7, 11) is -1.04. The molecule has 0 amide bonds. The summed E-state index contributed by atoms with van der Waals surface area (Å²) in [6.45, 7) is 0. The average Bonchev–Trinajstić information content (AvgIpc) is 3.24. The minimum atomic E-state index is -2.28. The molecule has 1 aliphatic carbocycles. The van der Waals surface area contributed by atoms with E-state index >= 15 is 0 Å².